The zero-order valence-corrected chi connectivity index (χ0v) is 14.0. The Morgan fingerprint density at radius 3 is 2.17 bits per heavy atom. The zero-order valence-electron chi connectivity index (χ0n) is 14.0. The topological polar surface area (TPSA) is 82.8 Å². The fourth-order valence-electron chi connectivity index (χ4n) is 2.32. The molecule has 0 aliphatic carbocycles. The molecule has 2 aromatic carbocycles. The van der Waals surface area contributed by atoms with Gasteiger partial charge in [-0.05, 0) is 5.56 Å². The van der Waals surface area contributed by atoms with Gasteiger partial charge in [0.05, 0.1) is 26.9 Å². The standard InChI is InChI=1S/C18H22N2O4/c1-22-15-10-17(24-3)16(23-2)9-13(15)18(21)20-11-14(19)12-7-5-4-6-8-12/h4-10,14H,11,19H2,1-3H3,(H,20,21). The molecule has 1 atom stereocenters. The van der Waals surface area contributed by atoms with Crippen LogP contribution < -0.4 is 25.3 Å². The van der Waals surface area contributed by atoms with Crippen molar-refractivity contribution >= 4 is 5.91 Å². The highest BCUT2D eigenvalue weighted by Crippen LogP contribution is 2.34. The minimum atomic E-state index is -0.292. The first kappa shape index (κ1) is 17.6. The Hall–Kier alpha value is -2.73. The average molecular weight is 330 g/mol. The van der Waals surface area contributed by atoms with Crippen molar-refractivity contribution in [2.24, 2.45) is 5.73 Å². The number of hydrogen-bond acceptors (Lipinski definition) is 5. The summed E-state index contributed by atoms with van der Waals surface area (Å²) in [5.41, 5.74) is 7.42. The third-order valence-electron chi connectivity index (χ3n) is 3.66. The van der Waals surface area contributed by atoms with Gasteiger partial charge in [-0.25, -0.2) is 0 Å². The lowest BCUT2D eigenvalue weighted by Gasteiger charge is -2.16. The molecule has 0 aliphatic rings. The van der Waals surface area contributed by atoms with Crippen LogP contribution in [0.5, 0.6) is 17.2 Å². The van der Waals surface area contributed by atoms with Crippen molar-refractivity contribution in [2.45, 2.75) is 6.04 Å². The van der Waals surface area contributed by atoms with E-state index in [-0.39, 0.29) is 11.9 Å². The molecule has 1 amide bonds. The first-order valence-corrected chi connectivity index (χ1v) is 7.49. The van der Waals surface area contributed by atoms with Crippen LogP contribution in [0.4, 0.5) is 0 Å². The molecule has 128 valence electrons. The number of ether oxygens (including phenoxy) is 3. The number of methoxy groups -OCH3 is 3. The molecule has 0 aliphatic heterocycles. The van der Waals surface area contributed by atoms with Crippen LogP contribution >= 0.6 is 0 Å². The van der Waals surface area contributed by atoms with E-state index in [4.69, 9.17) is 19.9 Å². The summed E-state index contributed by atoms with van der Waals surface area (Å²) in [6.45, 7) is 0.306. The highest BCUT2D eigenvalue weighted by atomic mass is 16.5. The molecule has 2 rings (SSSR count). The Bertz CT molecular complexity index is 689. The van der Waals surface area contributed by atoms with Gasteiger partial charge in [-0.3, -0.25) is 4.79 Å². The Kier molecular flexibility index (Phi) is 6.03. The summed E-state index contributed by atoms with van der Waals surface area (Å²) < 4.78 is 15.7. The fourth-order valence-corrected chi connectivity index (χ4v) is 2.32. The second kappa shape index (κ2) is 8.21. The van der Waals surface area contributed by atoms with Gasteiger partial charge in [-0.1, -0.05) is 30.3 Å². The molecule has 0 bridgehead atoms. The van der Waals surface area contributed by atoms with Crippen molar-refractivity contribution in [1.29, 1.82) is 0 Å². The van der Waals surface area contributed by atoms with Crippen LogP contribution in [0.3, 0.4) is 0 Å². The number of nitrogens with one attached hydrogen (secondary N) is 1. The maximum Gasteiger partial charge on any atom is 0.255 e. The smallest absolute Gasteiger partial charge is 0.255 e. The largest absolute Gasteiger partial charge is 0.496 e. The van der Waals surface area contributed by atoms with E-state index in [1.165, 1.54) is 21.3 Å². The molecule has 0 saturated carbocycles. The lowest BCUT2D eigenvalue weighted by atomic mass is 10.1. The lowest BCUT2D eigenvalue weighted by Crippen LogP contribution is -2.32. The van der Waals surface area contributed by atoms with Crippen LogP contribution in [-0.2, 0) is 0 Å². The minimum Gasteiger partial charge on any atom is -0.496 e. The molecule has 0 saturated heterocycles. The first-order valence-electron chi connectivity index (χ1n) is 7.49. The Balaban J connectivity index is 2.14. The second-order valence-electron chi connectivity index (χ2n) is 5.13. The number of nitrogens with two attached hydrogens (primary N) is 1. The van der Waals surface area contributed by atoms with Gasteiger partial charge in [-0.2, -0.15) is 0 Å². The fraction of sp³-hybridized carbons (Fsp3) is 0.278. The van der Waals surface area contributed by atoms with Gasteiger partial charge >= 0.3 is 0 Å². The number of carbonyl (C=O) groups excluding carboxylic acids is 1. The van der Waals surface area contributed by atoms with Crippen LogP contribution in [0.15, 0.2) is 42.5 Å². The molecular formula is C18H22N2O4. The van der Waals surface area contributed by atoms with Gasteiger partial charge in [0.2, 0.25) is 0 Å². The predicted octanol–water partition coefficient (Wildman–Crippen LogP) is 2.14. The molecule has 24 heavy (non-hydrogen) atoms. The summed E-state index contributed by atoms with van der Waals surface area (Å²) in [5, 5.41) is 2.82. The summed E-state index contributed by atoms with van der Waals surface area (Å²) in [7, 11) is 4.53. The molecule has 0 heterocycles. The number of hydrogen-bond donors (Lipinski definition) is 2. The highest BCUT2D eigenvalue weighted by molar-refractivity contribution is 5.97. The first-order chi connectivity index (χ1) is 11.6. The number of rotatable bonds is 7. The third-order valence-corrected chi connectivity index (χ3v) is 3.66. The van der Waals surface area contributed by atoms with Crippen LogP contribution in [0.25, 0.3) is 0 Å². The Morgan fingerprint density at radius 1 is 1.00 bits per heavy atom. The summed E-state index contributed by atoms with van der Waals surface area (Å²) in [4.78, 5) is 12.5. The Labute approximate surface area is 141 Å². The molecule has 0 spiro atoms. The van der Waals surface area contributed by atoms with Crippen molar-refractivity contribution in [3.63, 3.8) is 0 Å². The van der Waals surface area contributed by atoms with Crippen molar-refractivity contribution in [3.8, 4) is 17.2 Å². The summed E-state index contributed by atoms with van der Waals surface area (Å²) in [5.74, 6) is 1.06. The SMILES string of the molecule is COc1cc(OC)c(C(=O)NCC(N)c2ccccc2)cc1OC. The number of amides is 1. The molecule has 2 aromatic rings. The molecule has 1 unspecified atom stereocenters. The highest BCUT2D eigenvalue weighted by Gasteiger charge is 2.18. The molecule has 6 heteroatoms. The average Bonchev–Trinajstić information content (AvgIpc) is 2.65. The van der Waals surface area contributed by atoms with Gasteiger partial charge in [0.1, 0.15) is 5.75 Å². The van der Waals surface area contributed by atoms with Gasteiger partial charge in [-0.15, -0.1) is 0 Å². The van der Waals surface area contributed by atoms with E-state index >= 15 is 0 Å². The quantitative estimate of drug-likeness (QED) is 0.813. The normalized spacial score (nSPS) is 11.5. The monoisotopic (exact) mass is 330 g/mol. The lowest BCUT2D eigenvalue weighted by molar-refractivity contribution is 0.0947. The third kappa shape index (κ3) is 3.97. The van der Waals surface area contributed by atoms with Crippen LogP contribution in [0.2, 0.25) is 0 Å². The second-order valence-corrected chi connectivity index (χ2v) is 5.13. The van der Waals surface area contributed by atoms with E-state index in [2.05, 4.69) is 5.32 Å². The molecule has 0 aromatic heterocycles. The van der Waals surface area contributed by atoms with E-state index in [1.54, 1.807) is 12.1 Å². The van der Waals surface area contributed by atoms with Crippen molar-refractivity contribution < 1.29 is 19.0 Å². The maximum atomic E-state index is 12.5. The number of benzene rings is 2. The van der Waals surface area contributed by atoms with E-state index in [1.807, 2.05) is 30.3 Å². The van der Waals surface area contributed by atoms with Crippen LogP contribution in [0, 0.1) is 0 Å². The van der Waals surface area contributed by atoms with E-state index in [9.17, 15) is 4.79 Å². The van der Waals surface area contributed by atoms with Crippen LogP contribution in [0.1, 0.15) is 22.0 Å². The zero-order chi connectivity index (χ0) is 17.5. The van der Waals surface area contributed by atoms with E-state index < -0.39 is 0 Å². The summed E-state index contributed by atoms with van der Waals surface area (Å²) in [6.07, 6.45) is 0. The van der Waals surface area contributed by atoms with Crippen molar-refractivity contribution in [1.82, 2.24) is 5.32 Å². The summed E-state index contributed by atoms with van der Waals surface area (Å²) >= 11 is 0. The predicted molar refractivity (Wildman–Crippen MR) is 91.8 cm³/mol. The van der Waals surface area contributed by atoms with E-state index in [0.29, 0.717) is 29.4 Å². The molecule has 6 nitrogen and oxygen atoms in total. The van der Waals surface area contributed by atoms with Crippen molar-refractivity contribution in [2.75, 3.05) is 27.9 Å². The molecular weight excluding hydrogens is 308 g/mol. The molecule has 0 fully saturated rings. The molecule has 0 radical (unpaired) electrons. The van der Waals surface area contributed by atoms with Gasteiger partial charge in [0, 0.05) is 24.7 Å². The van der Waals surface area contributed by atoms with Gasteiger partial charge in [0.15, 0.2) is 11.5 Å². The van der Waals surface area contributed by atoms with Gasteiger partial charge in [0.25, 0.3) is 5.91 Å². The maximum absolute atomic E-state index is 12.5. The Morgan fingerprint density at radius 2 is 1.58 bits per heavy atom. The van der Waals surface area contributed by atoms with E-state index in [0.717, 1.165) is 5.56 Å². The van der Waals surface area contributed by atoms with Crippen LogP contribution in [-0.4, -0.2) is 33.8 Å². The minimum absolute atomic E-state index is 0.290. The molecule has 3 N–H and O–H groups in total. The summed E-state index contributed by atoms with van der Waals surface area (Å²) in [6, 6.07) is 12.5. The van der Waals surface area contributed by atoms with Crippen molar-refractivity contribution in [3.05, 3.63) is 53.6 Å². The number of carbonyl (C=O) groups is 1. The van der Waals surface area contributed by atoms with Gasteiger partial charge < -0.3 is 25.3 Å².